The van der Waals surface area contributed by atoms with Crippen LogP contribution in [0, 0.1) is 13.8 Å². The number of hydrogen-bond donors (Lipinski definition) is 2. The molecule has 36 heavy (non-hydrogen) atoms. The second-order valence-corrected chi connectivity index (χ2v) is 9.10. The van der Waals surface area contributed by atoms with E-state index in [-0.39, 0.29) is 17.8 Å². The second-order valence-electron chi connectivity index (χ2n) is 8.71. The normalized spacial score (nSPS) is 17.2. The average molecular weight is 501 g/mol. The van der Waals surface area contributed by atoms with Crippen LogP contribution in [0.1, 0.15) is 34.7 Å². The van der Waals surface area contributed by atoms with Gasteiger partial charge in [0, 0.05) is 29.3 Å². The number of aromatic hydroxyl groups is 1. The molecule has 1 saturated heterocycles. The highest BCUT2D eigenvalue weighted by molar-refractivity contribution is 7.80. The summed E-state index contributed by atoms with van der Waals surface area (Å²) in [5.74, 6) is 1.61. The molecule has 1 fully saturated rings. The first kappa shape index (κ1) is 23.7. The summed E-state index contributed by atoms with van der Waals surface area (Å²) in [6.45, 7) is 4.19. The van der Waals surface area contributed by atoms with Gasteiger partial charge < -0.3 is 29.4 Å². The van der Waals surface area contributed by atoms with E-state index in [1.54, 1.807) is 32.5 Å². The van der Waals surface area contributed by atoms with Crippen LogP contribution in [0.3, 0.4) is 0 Å². The van der Waals surface area contributed by atoms with E-state index >= 15 is 0 Å². The van der Waals surface area contributed by atoms with Crippen LogP contribution < -0.4 is 19.7 Å². The lowest BCUT2D eigenvalue weighted by molar-refractivity contribution is 0.394. The van der Waals surface area contributed by atoms with Crippen molar-refractivity contribution in [2.75, 3.05) is 19.1 Å². The van der Waals surface area contributed by atoms with E-state index in [0.29, 0.717) is 16.6 Å². The highest BCUT2D eigenvalue weighted by Crippen LogP contribution is 2.46. The molecule has 184 valence electrons. The first-order chi connectivity index (χ1) is 17.4. The highest BCUT2D eigenvalue weighted by Gasteiger charge is 2.43. The van der Waals surface area contributed by atoms with Gasteiger partial charge in [-0.25, -0.2) is 0 Å². The topological polar surface area (TPSA) is 71.8 Å². The Labute approximate surface area is 215 Å². The molecule has 0 radical (unpaired) electrons. The Balaban J connectivity index is 1.69. The molecule has 1 aliphatic heterocycles. The molecule has 8 heteroatoms. The number of pyridine rings is 1. The zero-order valence-corrected chi connectivity index (χ0v) is 21.4. The molecule has 2 aromatic heterocycles. The summed E-state index contributed by atoms with van der Waals surface area (Å²) < 4.78 is 13.4. The molecule has 7 nitrogen and oxygen atoms in total. The third-order valence-electron chi connectivity index (χ3n) is 6.64. The van der Waals surface area contributed by atoms with Gasteiger partial charge in [-0.15, -0.1) is 0 Å². The molecular formula is C28H28N4O3S. The molecule has 2 aromatic carbocycles. The van der Waals surface area contributed by atoms with E-state index in [2.05, 4.69) is 39.7 Å². The van der Waals surface area contributed by atoms with Gasteiger partial charge in [-0.1, -0.05) is 6.07 Å². The fourth-order valence-corrected chi connectivity index (χ4v) is 5.34. The SMILES string of the molecule is COc1ccc(N2C(=S)N[C@H](c3ccccn3)[C@H]2c2cc(C)n(-c3ccc(O)cc3)c2C)c(OC)c1. The molecule has 0 unspecified atom stereocenters. The molecule has 0 bridgehead atoms. The number of thiocarbonyl (C=S) groups is 1. The number of phenols is 1. The van der Waals surface area contributed by atoms with E-state index in [9.17, 15) is 5.11 Å². The van der Waals surface area contributed by atoms with Crippen molar-refractivity contribution in [2.45, 2.75) is 25.9 Å². The third-order valence-corrected chi connectivity index (χ3v) is 6.96. The maximum absolute atomic E-state index is 9.79. The number of nitrogens with one attached hydrogen (secondary N) is 1. The molecule has 0 aliphatic carbocycles. The Kier molecular flexibility index (Phi) is 6.28. The van der Waals surface area contributed by atoms with E-state index in [1.807, 2.05) is 48.5 Å². The first-order valence-electron chi connectivity index (χ1n) is 11.6. The van der Waals surface area contributed by atoms with Crippen LogP contribution >= 0.6 is 12.2 Å². The number of aromatic nitrogens is 2. The summed E-state index contributed by atoms with van der Waals surface area (Å²) in [6.07, 6.45) is 1.80. The van der Waals surface area contributed by atoms with E-state index in [0.717, 1.165) is 34.0 Å². The van der Waals surface area contributed by atoms with Gasteiger partial charge in [0.15, 0.2) is 5.11 Å². The molecule has 4 aromatic rings. The number of nitrogens with zero attached hydrogens (tertiary/aromatic N) is 3. The largest absolute Gasteiger partial charge is 0.508 e. The number of hydrogen-bond acceptors (Lipinski definition) is 5. The monoisotopic (exact) mass is 500 g/mol. The lowest BCUT2D eigenvalue weighted by Gasteiger charge is -2.29. The Bertz CT molecular complexity index is 1400. The van der Waals surface area contributed by atoms with Crippen LogP contribution in [0.4, 0.5) is 5.69 Å². The van der Waals surface area contributed by atoms with Crippen molar-refractivity contribution in [2.24, 2.45) is 0 Å². The van der Waals surface area contributed by atoms with Crippen LogP contribution in [0.25, 0.3) is 5.69 Å². The molecule has 2 N–H and O–H groups in total. The van der Waals surface area contributed by atoms with E-state index < -0.39 is 0 Å². The predicted molar refractivity (Wildman–Crippen MR) is 144 cm³/mol. The number of ether oxygens (including phenoxy) is 2. The highest BCUT2D eigenvalue weighted by atomic mass is 32.1. The molecule has 3 heterocycles. The lowest BCUT2D eigenvalue weighted by atomic mass is 9.96. The Morgan fingerprint density at radius 1 is 0.972 bits per heavy atom. The molecule has 1 aliphatic rings. The quantitative estimate of drug-likeness (QED) is 0.344. The smallest absolute Gasteiger partial charge is 0.174 e. The van der Waals surface area contributed by atoms with Gasteiger partial charge in [0.1, 0.15) is 17.2 Å². The Morgan fingerprint density at radius 2 is 1.75 bits per heavy atom. The third kappa shape index (κ3) is 4.03. The zero-order chi connectivity index (χ0) is 25.4. The van der Waals surface area contributed by atoms with Crippen LogP contribution in [0.15, 0.2) is 72.9 Å². The fraction of sp³-hybridized carbons (Fsp3) is 0.214. The Morgan fingerprint density at radius 3 is 2.42 bits per heavy atom. The lowest BCUT2D eigenvalue weighted by Crippen LogP contribution is -2.30. The van der Waals surface area contributed by atoms with Gasteiger partial charge in [-0.05, 0) is 86.2 Å². The number of phenolic OH excluding ortho intramolecular Hbond substituents is 1. The zero-order valence-electron chi connectivity index (χ0n) is 20.6. The minimum Gasteiger partial charge on any atom is -0.508 e. The molecule has 0 saturated carbocycles. The van der Waals surface area contributed by atoms with Crippen molar-refractivity contribution in [1.29, 1.82) is 0 Å². The molecule has 0 spiro atoms. The number of rotatable bonds is 6. The molecule has 2 atom stereocenters. The summed E-state index contributed by atoms with van der Waals surface area (Å²) in [5.41, 5.74) is 5.98. The maximum Gasteiger partial charge on any atom is 0.174 e. The van der Waals surface area contributed by atoms with Gasteiger partial charge in [0.25, 0.3) is 0 Å². The molecule has 5 rings (SSSR count). The van der Waals surface area contributed by atoms with Crippen LogP contribution in [0.5, 0.6) is 17.2 Å². The van der Waals surface area contributed by atoms with Crippen molar-refractivity contribution in [3.8, 4) is 22.9 Å². The predicted octanol–water partition coefficient (Wildman–Crippen LogP) is 5.39. The van der Waals surface area contributed by atoms with Gasteiger partial charge in [0.2, 0.25) is 0 Å². The molecular weight excluding hydrogens is 472 g/mol. The first-order valence-corrected chi connectivity index (χ1v) is 12.0. The van der Waals surface area contributed by atoms with Crippen molar-refractivity contribution in [3.63, 3.8) is 0 Å². The average Bonchev–Trinajstić information content (AvgIpc) is 3.39. The maximum atomic E-state index is 9.79. The van der Waals surface area contributed by atoms with Crippen LogP contribution in [-0.4, -0.2) is 34.0 Å². The number of methoxy groups -OCH3 is 2. The molecule has 0 amide bonds. The summed E-state index contributed by atoms with van der Waals surface area (Å²) in [4.78, 5) is 6.77. The van der Waals surface area contributed by atoms with Crippen molar-refractivity contribution >= 4 is 23.0 Å². The minimum absolute atomic E-state index is 0.181. The second kappa shape index (κ2) is 9.54. The summed E-state index contributed by atoms with van der Waals surface area (Å²) in [5, 5.41) is 13.9. The van der Waals surface area contributed by atoms with Crippen molar-refractivity contribution in [1.82, 2.24) is 14.9 Å². The van der Waals surface area contributed by atoms with Crippen LogP contribution in [-0.2, 0) is 0 Å². The van der Waals surface area contributed by atoms with Crippen molar-refractivity contribution in [3.05, 3.63) is 95.6 Å². The van der Waals surface area contributed by atoms with Crippen molar-refractivity contribution < 1.29 is 14.6 Å². The van der Waals surface area contributed by atoms with E-state index in [4.69, 9.17) is 21.7 Å². The standard InChI is InChI=1S/C28H28N4O3S/c1-17-15-22(18(2)31(17)19-8-10-20(33)11-9-19)27-26(23-7-5-6-14-29-23)30-28(36)32(27)24-13-12-21(34-3)16-25(24)35-4/h5-16,26-27,33H,1-4H3,(H,30,36)/t26-,27-/m1/s1. The van der Waals surface area contributed by atoms with Crippen LogP contribution in [0.2, 0.25) is 0 Å². The summed E-state index contributed by atoms with van der Waals surface area (Å²) >= 11 is 5.90. The number of aryl methyl sites for hydroxylation is 1. The van der Waals surface area contributed by atoms with Gasteiger partial charge in [0.05, 0.1) is 37.7 Å². The Hall–Kier alpha value is -4.04. The minimum atomic E-state index is -0.188. The van der Waals surface area contributed by atoms with Gasteiger partial charge >= 0.3 is 0 Å². The van der Waals surface area contributed by atoms with E-state index in [1.165, 1.54) is 0 Å². The summed E-state index contributed by atoms with van der Waals surface area (Å²) in [7, 11) is 3.28. The van der Waals surface area contributed by atoms with Gasteiger partial charge in [-0.3, -0.25) is 4.98 Å². The fourth-order valence-electron chi connectivity index (χ4n) is 5.00. The number of anilines is 1. The number of benzene rings is 2. The summed E-state index contributed by atoms with van der Waals surface area (Å²) in [6, 6.07) is 20.7. The van der Waals surface area contributed by atoms with Gasteiger partial charge in [-0.2, -0.15) is 0 Å².